The number of anilines is 1. The molecule has 1 aromatic heterocycles. The maximum absolute atomic E-state index is 5.64. The summed E-state index contributed by atoms with van der Waals surface area (Å²) in [6.07, 6.45) is 0.101. The summed E-state index contributed by atoms with van der Waals surface area (Å²) in [5.74, 6) is 1.99. The van der Waals surface area contributed by atoms with Crippen LogP contribution in [0.2, 0.25) is 0 Å². The van der Waals surface area contributed by atoms with E-state index in [1.54, 1.807) is 6.07 Å². The molecule has 14 heavy (non-hydrogen) atoms. The van der Waals surface area contributed by atoms with Crippen LogP contribution in [0.25, 0.3) is 0 Å². The number of nitrogen functional groups attached to an aromatic ring is 1. The minimum atomic E-state index is 0.101. The third-order valence-corrected chi connectivity index (χ3v) is 1.61. The lowest BCUT2D eigenvalue weighted by atomic mass is 10.2. The van der Waals surface area contributed by atoms with E-state index in [1.807, 2.05) is 27.7 Å². The van der Waals surface area contributed by atoms with E-state index in [1.165, 1.54) is 0 Å². The van der Waals surface area contributed by atoms with Crippen LogP contribution in [-0.2, 0) is 0 Å². The monoisotopic (exact) mass is 195 g/mol. The molecule has 2 N–H and O–H groups in total. The molecule has 0 aliphatic carbocycles. The average molecular weight is 195 g/mol. The van der Waals surface area contributed by atoms with E-state index in [4.69, 9.17) is 10.5 Å². The van der Waals surface area contributed by atoms with E-state index in [-0.39, 0.29) is 12.0 Å². The molecule has 0 unspecified atom stereocenters. The fraction of sp³-hybridized carbons (Fsp3) is 0.600. The second-order valence-electron chi connectivity index (χ2n) is 3.81. The summed E-state index contributed by atoms with van der Waals surface area (Å²) in [5, 5.41) is 0. The van der Waals surface area contributed by atoms with Gasteiger partial charge in [0.15, 0.2) is 0 Å². The summed E-state index contributed by atoms with van der Waals surface area (Å²) in [4.78, 5) is 8.39. The number of aromatic nitrogens is 2. The number of rotatable bonds is 3. The van der Waals surface area contributed by atoms with Crippen molar-refractivity contribution in [3.05, 3.63) is 11.9 Å². The summed E-state index contributed by atoms with van der Waals surface area (Å²) in [7, 11) is 0. The number of nitrogens with two attached hydrogens (primary N) is 1. The minimum absolute atomic E-state index is 0.101. The van der Waals surface area contributed by atoms with Gasteiger partial charge in [-0.05, 0) is 13.8 Å². The van der Waals surface area contributed by atoms with E-state index in [0.717, 1.165) is 5.82 Å². The van der Waals surface area contributed by atoms with Gasteiger partial charge in [-0.25, -0.2) is 4.98 Å². The highest BCUT2D eigenvalue weighted by Crippen LogP contribution is 2.17. The topological polar surface area (TPSA) is 61.0 Å². The molecule has 0 saturated carbocycles. The second kappa shape index (κ2) is 4.26. The van der Waals surface area contributed by atoms with Gasteiger partial charge in [0, 0.05) is 12.0 Å². The van der Waals surface area contributed by atoms with E-state index < -0.39 is 0 Å². The molecular weight excluding hydrogens is 178 g/mol. The largest absolute Gasteiger partial charge is 0.475 e. The molecule has 0 amide bonds. The summed E-state index contributed by atoms with van der Waals surface area (Å²) < 4.78 is 5.45. The maximum atomic E-state index is 5.64. The first kappa shape index (κ1) is 10.8. The van der Waals surface area contributed by atoms with Crippen molar-refractivity contribution in [1.29, 1.82) is 0 Å². The van der Waals surface area contributed by atoms with Crippen LogP contribution in [0.15, 0.2) is 6.07 Å². The van der Waals surface area contributed by atoms with Crippen LogP contribution in [0.3, 0.4) is 0 Å². The molecule has 0 aromatic carbocycles. The van der Waals surface area contributed by atoms with Crippen LogP contribution in [0.1, 0.15) is 39.4 Å². The lowest BCUT2D eigenvalue weighted by molar-refractivity contribution is 0.231. The maximum Gasteiger partial charge on any atom is 0.218 e. The van der Waals surface area contributed by atoms with Gasteiger partial charge in [0.25, 0.3) is 0 Å². The standard InChI is InChI=1S/C10H17N3O/c1-6(2)10-12-8(11)5-9(13-10)14-7(3)4/h5-7H,1-4H3,(H2,11,12,13). The zero-order valence-electron chi connectivity index (χ0n) is 9.11. The highest BCUT2D eigenvalue weighted by atomic mass is 16.5. The zero-order chi connectivity index (χ0) is 10.7. The lowest BCUT2D eigenvalue weighted by Gasteiger charge is -2.11. The zero-order valence-corrected chi connectivity index (χ0v) is 9.11. The predicted molar refractivity (Wildman–Crippen MR) is 56.3 cm³/mol. The van der Waals surface area contributed by atoms with Crippen LogP contribution in [0.5, 0.6) is 5.88 Å². The Bertz CT molecular complexity index is 310. The van der Waals surface area contributed by atoms with Gasteiger partial charge in [-0.15, -0.1) is 0 Å². The Morgan fingerprint density at radius 2 is 1.86 bits per heavy atom. The van der Waals surface area contributed by atoms with Gasteiger partial charge in [-0.2, -0.15) is 4.98 Å². The van der Waals surface area contributed by atoms with E-state index >= 15 is 0 Å². The highest BCUT2D eigenvalue weighted by molar-refractivity contribution is 5.33. The third kappa shape index (κ3) is 2.87. The van der Waals surface area contributed by atoms with Crippen LogP contribution >= 0.6 is 0 Å². The van der Waals surface area contributed by atoms with Gasteiger partial charge in [-0.1, -0.05) is 13.8 Å². The van der Waals surface area contributed by atoms with Crippen LogP contribution < -0.4 is 10.5 Å². The van der Waals surface area contributed by atoms with Gasteiger partial charge in [-0.3, -0.25) is 0 Å². The SMILES string of the molecule is CC(C)Oc1cc(N)nc(C(C)C)n1. The number of hydrogen-bond acceptors (Lipinski definition) is 4. The van der Waals surface area contributed by atoms with Crippen LogP contribution in [-0.4, -0.2) is 16.1 Å². The number of nitrogens with zero attached hydrogens (tertiary/aromatic N) is 2. The molecule has 0 aliphatic heterocycles. The number of ether oxygens (including phenoxy) is 1. The van der Waals surface area contributed by atoms with E-state index in [9.17, 15) is 0 Å². The van der Waals surface area contributed by atoms with Crippen molar-refractivity contribution < 1.29 is 4.74 Å². The highest BCUT2D eigenvalue weighted by Gasteiger charge is 2.08. The summed E-state index contributed by atoms with van der Waals surface area (Å²) in [6, 6.07) is 1.64. The van der Waals surface area contributed by atoms with Gasteiger partial charge in [0.2, 0.25) is 5.88 Å². The molecule has 0 bridgehead atoms. The first-order valence-electron chi connectivity index (χ1n) is 4.80. The molecule has 0 saturated heterocycles. The fourth-order valence-corrected chi connectivity index (χ4v) is 1.02. The Morgan fingerprint density at radius 3 is 2.36 bits per heavy atom. The molecule has 0 radical (unpaired) electrons. The number of hydrogen-bond donors (Lipinski definition) is 1. The Kier molecular flexibility index (Phi) is 3.28. The van der Waals surface area contributed by atoms with Crippen molar-refractivity contribution in [3.63, 3.8) is 0 Å². The van der Waals surface area contributed by atoms with Crippen molar-refractivity contribution in [2.24, 2.45) is 0 Å². The van der Waals surface area contributed by atoms with Gasteiger partial charge >= 0.3 is 0 Å². The quantitative estimate of drug-likeness (QED) is 0.801. The van der Waals surface area contributed by atoms with Crippen molar-refractivity contribution in [2.45, 2.75) is 39.7 Å². The molecule has 4 heteroatoms. The third-order valence-electron chi connectivity index (χ3n) is 1.61. The summed E-state index contributed by atoms with van der Waals surface area (Å²) in [6.45, 7) is 7.95. The fourth-order valence-electron chi connectivity index (χ4n) is 1.02. The Balaban J connectivity index is 2.95. The Labute approximate surface area is 84.5 Å². The van der Waals surface area contributed by atoms with Crippen molar-refractivity contribution in [2.75, 3.05) is 5.73 Å². The summed E-state index contributed by atoms with van der Waals surface area (Å²) in [5.41, 5.74) is 5.64. The van der Waals surface area contributed by atoms with Crippen molar-refractivity contribution in [1.82, 2.24) is 9.97 Å². The Morgan fingerprint density at radius 1 is 1.21 bits per heavy atom. The Hall–Kier alpha value is -1.32. The van der Waals surface area contributed by atoms with Crippen molar-refractivity contribution in [3.8, 4) is 5.88 Å². The molecule has 1 aromatic rings. The molecular formula is C10H17N3O. The van der Waals surface area contributed by atoms with Crippen LogP contribution in [0, 0.1) is 0 Å². The van der Waals surface area contributed by atoms with Gasteiger partial charge in [0.1, 0.15) is 11.6 Å². The molecule has 1 rings (SSSR count). The van der Waals surface area contributed by atoms with E-state index in [0.29, 0.717) is 11.7 Å². The molecule has 4 nitrogen and oxygen atoms in total. The van der Waals surface area contributed by atoms with Gasteiger partial charge in [0.05, 0.1) is 6.10 Å². The minimum Gasteiger partial charge on any atom is -0.475 e. The molecule has 0 fully saturated rings. The van der Waals surface area contributed by atoms with Gasteiger partial charge < -0.3 is 10.5 Å². The predicted octanol–water partition coefficient (Wildman–Crippen LogP) is 1.97. The lowest BCUT2D eigenvalue weighted by Crippen LogP contribution is -2.10. The average Bonchev–Trinajstić information content (AvgIpc) is 2.01. The normalized spacial score (nSPS) is 11.0. The molecule has 0 atom stereocenters. The first-order valence-corrected chi connectivity index (χ1v) is 4.80. The molecule has 78 valence electrons. The summed E-state index contributed by atoms with van der Waals surface area (Å²) >= 11 is 0. The van der Waals surface area contributed by atoms with Crippen LogP contribution in [0.4, 0.5) is 5.82 Å². The molecule has 0 aliphatic rings. The van der Waals surface area contributed by atoms with E-state index in [2.05, 4.69) is 9.97 Å². The second-order valence-corrected chi connectivity index (χ2v) is 3.81. The molecule has 1 heterocycles. The molecule has 0 spiro atoms. The smallest absolute Gasteiger partial charge is 0.218 e. The first-order chi connectivity index (χ1) is 6.49. The van der Waals surface area contributed by atoms with Crippen molar-refractivity contribution >= 4 is 5.82 Å².